The Morgan fingerprint density at radius 2 is 2.06 bits per heavy atom. The predicted molar refractivity (Wildman–Crippen MR) is 76.0 cm³/mol. The zero-order valence-electron chi connectivity index (χ0n) is 11.8. The molecule has 3 nitrogen and oxygen atoms in total. The van der Waals surface area contributed by atoms with Gasteiger partial charge in [-0.3, -0.25) is 4.57 Å². The molecule has 4 heteroatoms. The Morgan fingerprint density at radius 3 is 2.44 bits per heavy atom. The van der Waals surface area contributed by atoms with E-state index in [9.17, 15) is 4.57 Å². The van der Waals surface area contributed by atoms with Gasteiger partial charge in [0.1, 0.15) is 0 Å². The molecule has 0 saturated heterocycles. The molecule has 0 saturated carbocycles. The Kier molecular flexibility index (Phi) is 6.34. The van der Waals surface area contributed by atoms with Crippen LogP contribution in [0, 0.1) is 5.92 Å². The second-order valence-electron chi connectivity index (χ2n) is 4.78. The molecular formula is C14H25O3P. The Labute approximate surface area is 111 Å². The van der Waals surface area contributed by atoms with Crippen LogP contribution in [0.1, 0.15) is 40.0 Å². The highest BCUT2D eigenvalue weighted by atomic mass is 31.2. The normalized spacial score (nSPS) is 20.6. The van der Waals surface area contributed by atoms with E-state index < -0.39 is 7.60 Å². The van der Waals surface area contributed by atoms with Crippen LogP contribution in [0.3, 0.4) is 0 Å². The maximum atomic E-state index is 12.4. The molecule has 0 aliphatic heterocycles. The summed E-state index contributed by atoms with van der Waals surface area (Å²) in [6.45, 7) is 10.6. The van der Waals surface area contributed by atoms with E-state index in [2.05, 4.69) is 19.6 Å². The van der Waals surface area contributed by atoms with Crippen LogP contribution < -0.4 is 0 Å². The van der Waals surface area contributed by atoms with Crippen LogP contribution in [-0.4, -0.2) is 19.4 Å². The van der Waals surface area contributed by atoms with Crippen molar-refractivity contribution >= 4 is 7.60 Å². The van der Waals surface area contributed by atoms with Crippen LogP contribution >= 0.6 is 7.60 Å². The zero-order chi connectivity index (χ0) is 13.6. The molecule has 0 aromatic heterocycles. The standard InChI is InChI=1S/C14H25O3P/c1-5-16-18(15,17-6-2)11-13-7-9-14(10-8-13)12(3)4/h7,14H,3,5-6,8-11H2,1-2,4H3. The second-order valence-corrected chi connectivity index (χ2v) is 6.84. The first kappa shape index (κ1) is 15.7. The third-order valence-corrected chi connectivity index (χ3v) is 5.35. The van der Waals surface area contributed by atoms with Gasteiger partial charge in [-0.15, -0.1) is 0 Å². The molecule has 0 aromatic carbocycles. The molecule has 0 N–H and O–H groups in total. The van der Waals surface area contributed by atoms with Crippen molar-refractivity contribution in [2.45, 2.75) is 40.0 Å². The molecule has 0 aromatic rings. The molecule has 0 amide bonds. The van der Waals surface area contributed by atoms with E-state index >= 15 is 0 Å². The molecule has 0 fully saturated rings. The van der Waals surface area contributed by atoms with Crippen molar-refractivity contribution in [3.05, 3.63) is 23.8 Å². The Balaban J connectivity index is 2.61. The summed E-state index contributed by atoms with van der Waals surface area (Å²) in [5.74, 6) is 0.576. The Hall–Kier alpha value is -0.370. The lowest BCUT2D eigenvalue weighted by atomic mass is 9.86. The van der Waals surface area contributed by atoms with Gasteiger partial charge in [0, 0.05) is 0 Å². The summed E-state index contributed by atoms with van der Waals surface area (Å²) in [4.78, 5) is 0. The molecule has 18 heavy (non-hydrogen) atoms. The van der Waals surface area contributed by atoms with Crippen LogP contribution in [0.15, 0.2) is 23.8 Å². The average Bonchev–Trinajstić information content (AvgIpc) is 2.30. The SMILES string of the molecule is C=C(C)C1CC=C(CP(=O)(OCC)OCC)CC1. The smallest absolute Gasteiger partial charge is 0.309 e. The van der Waals surface area contributed by atoms with Gasteiger partial charge in [0.05, 0.1) is 19.4 Å². The van der Waals surface area contributed by atoms with Gasteiger partial charge in [-0.05, 0) is 46.0 Å². The summed E-state index contributed by atoms with van der Waals surface area (Å²) >= 11 is 0. The maximum Gasteiger partial charge on any atom is 0.334 e. The van der Waals surface area contributed by atoms with Gasteiger partial charge >= 0.3 is 7.60 Å². The molecule has 104 valence electrons. The van der Waals surface area contributed by atoms with E-state index in [0.29, 0.717) is 25.3 Å². The minimum Gasteiger partial charge on any atom is -0.309 e. The predicted octanol–water partition coefficient (Wildman–Crippen LogP) is 4.56. The fraction of sp³-hybridized carbons (Fsp3) is 0.714. The first-order valence-corrected chi connectivity index (χ1v) is 8.45. The second kappa shape index (κ2) is 7.28. The highest BCUT2D eigenvalue weighted by molar-refractivity contribution is 7.54. The molecule has 1 rings (SSSR count). The molecule has 0 bridgehead atoms. The number of hydrogen-bond acceptors (Lipinski definition) is 3. The third kappa shape index (κ3) is 4.72. The van der Waals surface area contributed by atoms with Crippen molar-refractivity contribution in [1.82, 2.24) is 0 Å². The van der Waals surface area contributed by atoms with Gasteiger partial charge in [0.15, 0.2) is 0 Å². The molecule has 1 atom stereocenters. The van der Waals surface area contributed by atoms with Crippen LogP contribution in [0.5, 0.6) is 0 Å². The van der Waals surface area contributed by atoms with Crippen molar-refractivity contribution in [1.29, 1.82) is 0 Å². The van der Waals surface area contributed by atoms with Gasteiger partial charge in [-0.2, -0.15) is 0 Å². The lowest BCUT2D eigenvalue weighted by Crippen LogP contribution is -2.10. The number of allylic oxidation sites excluding steroid dienone is 3. The van der Waals surface area contributed by atoms with Crippen molar-refractivity contribution < 1.29 is 13.6 Å². The van der Waals surface area contributed by atoms with Crippen molar-refractivity contribution in [3.8, 4) is 0 Å². The lowest BCUT2D eigenvalue weighted by molar-refractivity contribution is 0.221. The van der Waals surface area contributed by atoms with Gasteiger partial charge in [-0.25, -0.2) is 0 Å². The monoisotopic (exact) mass is 272 g/mol. The summed E-state index contributed by atoms with van der Waals surface area (Å²) < 4.78 is 23.0. The quantitative estimate of drug-likeness (QED) is 0.503. The van der Waals surface area contributed by atoms with Crippen LogP contribution in [-0.2, 0) is 13.6 Å². The summed E-state index contributed by atoms with van der Waals surface area (Å²) in [5.41, 5.74) is 2.45. The third-order valence-electron chi connectivity index (χ3n) is 3.25. The molecular weight excluding hydrogens is 247 g/mol. The maximum absolute atomic E-state index is 12.4. The van der Waals surface area contributed by atoms with Gasteiger partial charge in [-0.1, -0.05) is 23.8 Å². The lowest BCUT2D eigenvalue weighted by Gasteiger charge is -2.24. The first-order chi connectivity index (χ1) is 8.50. The summed E-state index contributed by atoms with van der Waals surface area (Å²) in [7, 11) is -2.92. The van der Waals surface area contributed by atoms with Gasteiger partial charge < -0.3 is 9.05 Å². The minimum atomic E-state index is -2.92. The fourth-order valence-electron chi connectivity index (χ4n) is 2.25. The van der Waals surface area contributed by atoms with Crippen LogP contribution in [0.25, 0.3) is 0 Å². The summed E-state index contributed by atoms with van der Waals surface area (Å²) in [6.07, 6.45) is 5.70. The van der Waals surface area contributed by atoms with Crippen molar-refractivity contribution in [2.24, 2.45) is 5.92 Å². The van der Waals surface area contributed by atoms with Crippen molar-refractivity contribution in [2.75, 3.05) is 19.4 Å². The van der Waals surface area contributed by atoms with E-state index in [-0.39, 0.29) is 0 Å². The number of rotatable bonds is 7. The van der Waals surface area contributed by atoms with Crippen LogP contribution in [0.2, 0.25) is 0 Å². The van der Waals surface area contributed by atoms with E-state index in [1.165, 1.54) is 11.1 Å². The Morgan fingerprint density at radius 1 is 1.44 bits per heavy atom. The van der Waals surface area contributed by atoms with Gasteiger partial charge in [0.2, 0.25) is 0 Å². The highest BCUT2D eigenvalue weighted by Crippen LogP contribution is 2.50. The van der Waals surface area contributed by atoms with Gasteiger partial charge in [0.25, 0.3) is 0 Å². The molecule has 0 spiro atoms. The van der Waals surface area contributed by atoms with E-state index in [0.717, 1.165) is 19.3 Å². The van der Waals surface area contributed by atoms with Crippen LogP contribution in [0.4, 0.5) is 0 Å². The largest absolute Gasteiger partial charge is 0.334 e. The van der Waals surface area contributed by atoms with E-state index in [4.69, 9.17) is 9.05 Å². The first-order valence-electron chi connectivity index (χ1n) is 6.72. The van der Waals surface area contributed by atoms with E-state index in [1.54, 1.807) is 0 Å². The molecule has 0 radical (unpaired) electrons. The topological polar surface area (TPSA) is 35.5 Å². The number of hydrogen-bond donors (Lipinski definition) is 0. The molecule has 0 heterocycles. The summed E-state index contributed by atoms with van der Waals surface area (Å²) in [5, 5.41) is 0. The molecule has 1 aliphatic carbocycles. The average molecular weight is 272 g/mol. The van der Waals surface area contributed by atoms with Crippen molar-refractivity contribution in [3.63, 3.8) is 0 Å². The minimum absolute atomic E-state index is 0.430. The zero-order valence-corrected chi connectivity index (χ0v) is 12.7. The molecule has 1 unspecified atom stereocenters. The highest BCUT2D eigenvalue weighted by Gasteiger charge is 2.27. The summed E-state index contributed by atoms with van der Waals surface area (Å²) in [6, 6.07) is 0. The molecule has 1 aliphatic rings. The Bertz CT molecular complexity index is 350. The van der Waals surface area contributed by atoms with E-state index in [1.807, 2.05) is 13.8 Å². The fourth-order valence-corrected chi connectivity index (χ4v) is 4.08.